The molecule has 0 atom stereocenters. The Morgan fingerprint density at radius 2 is 1.90 bits per heavy atom. The van der Waals surface area contributed by atoms with Crippen LogP contribution in [0.15, 0.2) is 41.3 Å². The topological polar surface area (TPSA) is 44.1 Å². The van der Waals surface area contributed by atoms with Gasteiger partial charge in [-0.1, -0.05) is 41.9 Å². The molecule has 0 N–H and O–H groups in total. The lowest BCUT2D eigenvalue weighted by molar-refractivity contribution is 0.292. The van der Waals surface area contributed by atoms with E-state index in [-0.39, 0.29) is 10.6 Å². The second-order valence-electron chi connectivity index (χ2n) is 5.48. The summed E-state index contributed by atoms with van der Waals surface area (Å²) in [6, 6.07) is 9.67. The van der Waals surface area contributed by atoms with Crippen molar-refractivity contribution in [3.05, 3.63) is 57.5 Å². The molecule has 0 radical (unpaired) electrons. The summed E-state index contributed by atoms with van der Waals surface area (Å²) in [5.41, 5.74) is 0.242. The maximum absolute atomic E-state index is 12.1. The third kappa shape index (κ3) is 3.20. The van der Waals surface area contributed by atoms with Crippen LogP contribution in [0.25, 0.3) is 0 Å². The van der Waals surface area contributed by atoms with Crippen molar-refractivity contribution >= 4 is 11.6 Å². The third-order valence-corrected chi connectivity index (χ3v) is 3.11. The van der Waals surface area contributed by atoms with Crippen molar-refractivity contribution in [1.29, 1.82) is 0 Å². The molecule has 1 heterocycles. The third-order valence-electron chi connectivity index (χ3n) is 2.76. The van der Waals surface area contributed by atoms with E-state index in [1.807, 2.05) is 51.1 Å². The smallest absolute Gasteiger partial charge is 0.289 e. The monoisotopic (exact) mass is 292 g/mol. The Hall–Kier alpha value is -1.81. The van der Waals surface area contributed by atoms with Crippen molar-refractivity contribution in [3.8, 4) is 5.75 Å². The first-order valence-electron chi connectivity index (χ1n) is 6.34. The lowest BCUT2D eigenvalue weighted by atomic mass is 10.1. The second-order valence-corrected chi connectivity index (χ2v) is 5.86. The summed E-state index contributed by atoms with van der Waals surface area (Å²) in [5, 5.41) is 4.18. The van der Waals surface area contributed by atoms with Crippen LogP contribution in [0.1, 0.15) is 26.3 Å². The SMILES string of the molecule is CC(C)(C)n1ncc(OCc2ccccc2)c(Cl)c1=O. The van der Waals surface area contributed by atoms with Crippen molar-refractivity contribution in [2.45, 2.75) is 32.9 Å². The predicted octanol–water partition coefficient (Wildman–Crippen LogP) is 3.23. The Morgan fingerprint density at radius 3 is 2.50 bits per heavy atom. The summed E-state index contributed by atoms with van der Waals surface area (Å²) in [7, 11) is 0. The van der Waals surface area contributed by atoms with Gasteiger partial charge in [-0.3, -0.25) is 4.79 Å². The van der Waals surface area contributed by atoms with Gasteiger partial charge in [0.2, 0.25) is 0 Å². The van der Waals surface area contributed by atoms with Crippen LogP contribution in [0.4, 0.5) is 0 Å². The minimum Gasteiger partial charge on any atom is -0.485 e. The van der Waals surface area contributed by atoms with Gasteiger partial charge in [-0.2, -0.15) is 5.10 Å². The van der Waals surface area contributed by atoms with Crippen LogP contribution in [0.3, 0.4) is 0 Å². The summed E-state index contributed by atoms with van der Waals surface area (Å²) in [6.45, 7) is 6.02. The van der Waals surface area contributed by atoms with Gasteiger partial charge in [0.05, 0.1) is 11.7 Å². The van der Waals surface area contributed by atoms with Gasteiger partial charge in [-0.05, 0) is 26.3 Å². The standard InChI is InChI=1S/C15H17ClN2O2/c1-15(2,3)18-14(19)13(16)12(9-17-18)20-10-11-7-5-4-6-8-11/h4-9H,10H2,1-3H3. The molecular weight excluding hydrogens is 276 g/mol. The molecule has 0 fully saturated rings. The van der Waals surface area contributed by atoms with Crippen LogP contribution in [0, 0.1) is 0 Å². The van der Waals surface area contributed by atoms with Crippen LogP contribution in [-0.4, -0.2) is 9.78 Å². The largest absolute Gasteiger partial charge is 0.485 e. The number of hydrogen-bond donors (Lipinski definition) is 0. The summed E-state index contributed by atoms with van der Waals surface area (Å²) in [6.07, 6.45) is 1.48. The zero-order valence-electron chi connectivity index (χ0n) is 11.8. The molecule has 1 aromatic carbocycles. The normalized spacial score (nSPS) is 11.4. The molecule has 0 bridgehead atoms. The molecule has 1 aromatic heterocycles. The van der Waals surface area contributed by atoms with Crippen LogP contribution in [0.2, 0.25) is 5.02 Å². The van der Waals surface area contributed by atoms with Gasteiger partial charge in [0.1, 0.15) is 6.61 Å². The van der Waals surface area contributed by atoms with Gasteiger partial charge < -0.3 is 4.74 Å². The fourth-order valence-corrected chi connectivity index (χ4v) is 1.91. The summed E-state index contributed by atoms with van der Waals surface area (Å²) in [5.74, 6) is 0.306. The first-order chi connectivity index (χ1) is 9.39. The first-order valence-corrected chi connectivity index (χ1v) is 6.72. The molecular formula is C15H17ClN2O2. The zero-order valence-corrected chi connectivity index (χ0v) is 12.5. The van der Waals surface area contributed by atoms with E-state index in [4.69, 9.17) is 16.3 Å². The molecule has 0 spiro atoms. The van der Waals surface area contributed by atoms with Crippen molar-refractivity contribution in [2.24, 2.45) is 0 Å². The Morgan fingerprint density at radius 1 is 1.25 bits per heavy atom. The highest BCUT2D eigenvalue weighted by Crippen LogP contribution is 2.21. The van der Waals surface area contributed by atoms with Crippen molar-refractivity contribution in [2.75, 3.05) is 0 Å². The van der Waals surface area contributed by atoms with E-state index < -0.39 is 5.54 Å². The molecule has 20 heavy (non-hydrogen) atoms. The molecule has 4 nitrogen and oxygen atoms in total. The first kappa shape index (κ1) is 14.6. The quantitative estimate of drug-likeness (QED) is 0.872. The second kappa shape index (κ2) is 5.67. The van der Waals surface area contributed by atoms with Crippen LogP contribution in [0.5, 0.6) is 5.75 Å². The Bertz CT molecular complexity index is 645. The number of nitrogens with zero attached hydrogens (tertiary/aromatic N) is 2. The average Bonchev–Trinajstić information content (AvgIpc) is 2.40. The van der Waals surface area contributed by atoms with Crippen molar-refractivity contribution < 1.29 is 4.74 Å². The predicted molar refractivity (Wildman–Crippen MR) is 79.3 cm³/mol. The molecule has 2 aromatic rings. The Balaban J connectivity index is 2.23. The average molecular weight is 293 g/mol. The molecule has 5 heteroatoms. The Kier molecular flexibility index (Phi) is 4.14. The minimum atomic E-state index is -0.418. The maximum atomic E-state index is 12.1. The number of benzene rings is 1. The summed E-state index contributed by atoms with van der Waals surface area (Å²) in [4.78, 5) is 12.1. The maximum Gasteiger partial charge on any atom is 0.289 e. The van der Waals surface area contributed by atoms with Gasteiger partial charge >= 0.3 is 0 Å². The van der Waals surface area contributed by atoms with Crippen molar-refractivity contribution in [3.63, 3.8) is 0 Å². The van der Waals surface area contributed by atoms with Crippen LogP contribution in [-0.2, 0) is 12.1 Å². The highest BCUT2D eigenvalue weighted by atomic mass is 35.5. The molecule has 0 amide bonds. The lowest BCUT2D eigenvalue weighted by Gasteiger charge is -2.21. The molecule has 0 saturated carbocycles. The highest BCUT2D eigenvalue weighted by Gasteiger charge is 2.19. The van der Waals surface area contributed by atoms with Gasteiger partial charge in [0.25, 0.3) is 5.56 Å². The van der Waals surface area contributed by atoms with Gasteiger partial charge in [-0.15, -0.1) is 0 Å². The minimum absolute atomic E-state index is 0.0610. The van der Waals surface area contributed by atoms with E-state index in [0.29, 0.717) is 12.4 Å². The molecule has 0 aliphatic carbocycles. The van der Waals surface area contributed by atoms with Crippen molar-refractivity contribution in [1.82, 2.24) is 9.78 Å². The number of rotatable bonds is 3. The number of hydrogen-bond acceptors (Lipinski definition) is 3. The number of halogens is 1. The highest BCUT2D eigenvalue weighted by molar-refractivity contribution is 6.31. The van der Waals surface area contributed by atoms with Gasteiger partial charge in [0, 0.05) is 0 Å². The fraction of sp³-hybridized carbons (Fsp3) is 0.333. The molecule has 2 rings (SSSR count). The lowest BCUT2D eigenvalue weighted by Crippen LogP contribution is -2.36. The van der Waals surface area contributed by atoms with E-state index in [1.165, 1.54) is 10.9 Å². The van der Waals surface area contributed by atoms with Crippen LogP contribution >= 0.6 is 11.6 Å². The number of ether oxygens (including phenoxy) is 1. The molecule has 0 unspecified atom stereocenters. The fourth-order valence-electron chi connectivity index (χ4n) is 1.73. The summed E-state index contributed by atoms with van der Waals surface area (Å²) >= 11 is 6.07. The molecule has 0 aliphatic heterocycles. The van der Waals surface area contributed by atoms with Gasteiger partial charge in [0.15, 0.2) is 10.8 Å². The van der Waals surface area contributed by atoms with Crippen LogP contribution < -0.4 is 10.3 Å². The molecule has 106 valence electrons. The molecule has 0 aliphatic rings. The zero-order chi connectivity index (χ0) is 14.8. The van der Waals surface area contributed by atoms with Gasteiger partial charge in [-0.25, -0.2) is 4.68 Å². The van der Waals surface area contributed by atoms with E-state index in [2.05, 4.69) is 5.10 Å². The van der Waals surface area contributed by atoms with E-state index in [9.17, 15) is 4.79 Å². The van der Waals surface area contributed by atoms with E-state index in [1.54, 1.807) is 0 Å². The molecule has 0 saturated heterocycles. The Labute approximate surface area is 123 Å². The number of aromatic nitrogens is 2. The van der Waals surface area contributed by atoms with E-state index in [0.717, 1.165) is 5.56 Å². The van der Waals surface area contributed by atoms with E-state index >= 15 is 0 Å². The summed E-state index contributed by atoms with van der Waals surface area (Å²) < 4.78 is 6.92.